The number of hydrogen-bond donors (Lipinski definition) is 1. The third kappa shape index (κ3) is 2.39. The molecule has 0 saturated carbocycles. The van der Waals surface area contributed by atoms with Crippen LogP contribution in [0.2, 0.25) is 0 Å². The number of hydrogen-bond acceptors (Lipinski definition) is 2. The second-order valence-electron chi connectivity index (χ2n) is 5.18. The minimum absolute atomic E-state index is 0.125. The first-order chi connectivity index (χ1) is 9.65. The molecule has 3 nitrogen and oxygen atoms in total. The SMILES string of the molecule is NC(=S)c1cccn(Cc2ccc3c(c2)CCC3)c1=O. The van der Waals surface area contributed by atoms with Crippen molar-refractivity contribution >= 4 is 17.2 Å². The summed E-state index contributed by atoms with van der Waals surface area (Å²) in [4.78, 5) is 12.4. The van der Waals surface area contributed by atoms with Crippen LogP contribution in [0, 0.1) is 0 Å². The van der Waals surface area contributed by atoms with Crippen LogP contribution in [-0.4, -0.2) is 9.56 Å². The van der Waals surface area contributed by atoms with E-state index in [1.165, 1.54) is 24.0 Å². The van der Waals surface area contributed by atoms with E-state index >= 15 is 0 Å². The lowest BCUT2D eigenvalue weighted by molar-refractivity contribution is 0.756. The van der Waals surface area contributed by atoms with E-state index in [0.717, 1.165) is 12.0 Å². The molecular formula is C16H16N2OS. The van der Waals surface area contributed by atoms with E-state index in [9.17, 15) is 4.79 Å². The van der Waals surface area contributed by atoms with Crippen LogP contribution >= 0.6 is 12.2 Å². The lowest BCUT2D eigenvalue weighted by Gasteiger charge is -2.09. The van der Waals surface area contributed by atoms with E-state index in [4.69, 9.17) is 18.0 Å². The van der Waals surface area contributed by atoms with Gasteiger partial charge in [0.05, 0.1) is 12.1 Å². The summed E-state index contributed by atoms with van der Waals surface area (Å²) in [6.07, 6.45) is 5.32. The second-order valence-corrected chi connectivity index (χ2v) is 5.62. The van der Waals surface area contributed by atoms with Gasteiger partial charge in [0.25, 0.3) is 5.56 Å². The highest BCUT2D eigenvalue weighted by atomic mass is 32.1. The van der Waals surface area contributed by atoms with E-state index in [0.29, 0.717) is 12.1 Å². The fraction of sp³-hybridized carbons (Fsp3) is 0.250. The Morgan fingerprint density at radius 1 is 1.25 bits per heavy atom. The zero-order chi connectivity index (χ0) is 14.1. The van der Waals surface area contributed by atoms with Gasteiger partial charge in [0.15, 0.2) is 0 Å². The van der Waals surface area contributed by atoms with Gasteiger partial charge >= 0.3 is 0 Å². The molecule has 0 saturated heterocycles. The Labute approximate surface area is 123 Å². The van der Waals surface area contributed by atoms with Crippen molar-refractivity contribution in [2.24, 2.45) is 5.73 Å². The summed E-state index contributed by atoms with van der Waals surface area (Å²) in [5, 5.41) is 0. The van der Waals surface area contributed by atoms with Gasteiger partial charge in [-0.2, -0.15) is 0 Å². The molecular weight excluding hydrogens is 268 g/mol. The predicted molar refractivity (Wildman–Crippen MR) is 84.2 cm³/mol. The summed E-state index contributed by atoms with van der Waals surface area (Å²) < 4.78 is 1.66. The molecule has 2 N–H and O–H groups in total. The number of thiocarbonyl (C=S) groups is 1. The van der Waals surface area contributed by atoms with E-state index < -0.39 is 0 Å². The van der Waals surface area contributed by atoms with Gasteiger partial charge in [0.2, 0.25) is 0 Å². The molecule has 0 fully saturated rings. The maximum atomic E-state index is 12.2. The van der Waals surface area contributed by atoms with Gasteiger partial charge in [-0.1, -0.05) is 30.4 Å². The zero-order valence-corrected chi connectivity index (χ0v) is 12.0. The van der Waals surface area contributed by atoms with Crippen LogP contribution in [0.1, 0.15) is 28.7 Å². The lowest BCUT2D eigenvalue weighted by atomic mass is 10.1. The van der Waals surface area contributed by atoms with E-state index in [-0.39, 0.29) is 10.5 Å². The number of aryl methyl sites for hydroxylation is 2. The molecule has 1 heterocycles. The van der Waals surface area contributed by atoms with Crippen molar-refractivity contribution in [3.05, 3.63) is 69.1 Å². The zero-order valence-electron chi connectivity index (χ0n) is 11.1. The van der Waals surface area contributed by atoms with Crippen LogP contribution in [0.25, 0.3) is 0 Å². The minimum Gasteiger partial charge on any atom is -0.389 e. The number of benzene rings is 1. The van der Waals surface area contributed by atoms with Crippen LogP contribution in [0.4, 0.5) is 0 Å². The molecule has 20 heavy (non-hydrogen) atoms. The quantitative estimate of drug-likeness (QED) is 0.877. The third-order valence-corrected chi connectivity index (χ3v) is 4.02. The van der Waals surface area contributed by atoms with Crippen LogP contribution < -0.4 is 11.3 Å². The lowest BCUT2D eigenvalue weighted by Crippen LogP contribution is -2.28. The van der Waals surface area contributed by atoms with Crippen molar-refractivity contribution in [3.8, 4) is 0 Å². The van der Waals surface area contributed by atoms with Crippen molar-refractivity contribution < 1.29 is 0 Å². The summed E-state index contributed by atoms with van der Waals surface area (Å²) in [6, 6.07) is 9.97. The molecule has 2 aromatic rings. The summed E-state index contributed by atoms with van der Waals surface area (Å²) in [5.74, 6) is 0. The maximum absolute atomic E-state index is 12.2. The Morgan fingerprint density at radius 2 is 2.05 bits per heavy atom. The van der Waals surface area contributed by atoms with Gasteiger partial charge in [-0.15, -0.1) is 0 Å². The molecule has 0 spiro atoms. The molecule has 4 heteroatoms. The predicted octanol–water partition coefficient (Wildman–Crippen LogP) is 2.02. The van der Waals surface area contributed by atoms with E-state index in [1.54, 1.807) is 16.8 Å². The molecule has 0 unspecified atom stereocenters. The highest BCUT2D eigenvalue weighted by Gasteiger charge is 2.11. The second kappa shape index (κ2) is 5.21. The standard InChI is InChI=1S/C16H16N2OS/c17-15(20)14-5-2-8-18(16(14)19)10-11-6-7-12-3-1-4-13(12)9-11/h2,5-9H,1,3-4,10H2,(H2,17,20). The Hall–Kier alpha value is -1.94. The monoisotopic (exact) mass is 284 g/mol. The maximum Gasteiger partial charge on any atom is 0.261 e. The molecule has 0 radical (unpaired) electrons. The third-order valence-electron chi connectivity index (χ3n) is 3.80. The number of aromatic nitrogens is 1. The number of pyridine rings is 1. The summed E-state index contributed by atoms with van der Waals surface area (Å²) >= 11 is 4.90. The van der Waals surface area contributed by atoms with Crippen LogP contribution in [0.3, 0.4) is 0 Å². The highest BCUT2D eigenvalue weighted by Crippen LogP contribution is 2.23. The summed E-state index contributed by atoms with van der Waals surface area (Å²) in [7, 11) is 0. The Bertz CT molecular complexity index is 733. The van der Waals surface area contributed by atoms with Gasteiger partial charge in [0.1, 0.15) is 4.99 Å². The molecule has 0 atom stereocenters. The summed E-state index contributed by atoms with van der Waals surface area (Å²) in [6.45, 7) is 0.558. The number of rotatable bonds is 3. The first-order valence-electron chi connectivity index (χ1n) is 6.75. The molecule has 1 aromatic heterocycles. The van der Waals surface area contributed by atoms with Gasteiger partial charge < -0.3 is 10.3 Å². The van der Waals surface area contributed by atoms with Crippen LogP contribution in [-0.2, 0) is 19.4 Å². The number of nitrogens with zero attached hydrogens (tertiary/aromatic N) is 1. The topological polar surface area (TPSA) is 48.0 Å². The van der Waals surface area contributed by atoms with Crippen molar-refractivity contribution in [1.29, 1.82) is 0 Å². The average Bonchev–Trinajstić information content (AvgIpc) is 2.88. The Balaban J connectivity index is 1.94. The number of nitrogens with two attached hydrogens (primary N) is 1. The number of fused-ring (bicyclic) bond motifs is 1. The van der Waals surface area contributed by atoms with Gasteiger partial charge in [-0.3, -0.25) is 4.79 Å². The molecule has 1 aromatic carbocycles. The average molecular weight is 284 g/mol. The van der Waals surface area contributed by atoms with Crippen LogP contribution in [0.15, 0.2) is 41.3 Å². The van der Waals surface area contributed by atoms with Crippen molar-refractivity contribution in [2.45, 2.75) is 25.8 Å². The van der Waals surface area contributed by atoms with E-state index in [2.05, 4.69) is 18.2 Å². The van der Waals surface area contributed by atoms with Gasteiger partial charge in [0, 0.05) is 6.20 Å². The fourth-order valence-electron chi connectivity index (χ4n) is 2.77. The smallest absolute Gasteiger partial charge is 0.261 e. The van der Waals surface area contributed by atoms with Crippen molar-refractivity contribution in [2.75, 3.05) is 0 Å². The minimum atomic E-state index is -0.125. The normalized spacial score (nSPS) is 13.2. The highest BCUT2D eigenvalue weighted by molar-refractivity contribution is 7.80. The first kappa shape index (κ1) is 13.1. The molecule has 1 aliphatic carbocycles. The fourth-order valence-corrected chi connectivity index (χ4v) is 2.92. The van der Waals surface area contributed by atoms with Gasteiger partial charge in [-0.25, -0.2) is 0 Å². The molecule has 0 bridgehead atoms. The molecule has 3 rings (SSSR count). The molecule has 102 valence electrons. The molecule has 0 aliphatic heterocycles. The van der Waals surface area contributed by atoms with Crippen molar-refractivity contribution in [3.63, 3.8) is 0 Å². The molecule has 0 amide bonds. The Morgan fingerprint density at radius 3 is 2.85 bits per heavy atom. The van der Waals surface area contributed by atoms with Crippen molar-refractivity contribution in [1.82, 2.24) is 4.57 Å². The Kier molecular flexibility index (Phi) is 3.40. The molecule has 1 aliphatic rings. The van der Waals surface area contributed by atoms with Gasteiger partial charge in [-0.05, 0) is 48.1 Å². The van der Waals surface area contributed by atoms with E-state index in [1.807, 2.05) is 6.07 Å². The first-order valence-corrected chi connectivity index (χ1v) is 7.16. The summed E-state index contributed by atoms with van der Waals surface area (Å²) in [5.41, 5.74) is 9.86. The van der Waals surface area contributed by atoms with Crippen LogP contribution in [0.5, 0.6) is 0 Å². The largest absolute Gasteiger partial charge is 0.389 e.